The summed E-state index contributed by atoms with van der Waals surface area (Å²) in [5.41, 5.74) is 9.21. The lowest BCUT2D eigenvalue weighted by Crippen LogP contribution is -2.12. The fourth-order valence-corrected chi connectivity index (χ4v) is 1.97. The first-order valence-electron chi connectivity index (χ1n) is 6.24. The van der Waals surface area contributed by atoms with Gasteiger partial charge in [0.25, 0.3) is 0 Å². The molecule has 0 spiro atoms. The van der Waals surface area contributed by atoms with Crippen LogP contribution in [0, 0.1) is 18.3 Å². The van der Waals surface area contributed by atoms with Crippen LogP contribution < -0.4 is 11.1 Å². The smallest absolute Gasteiger partial charge is 0.248 e. The van der Waals surface area contributed by atoms with Crippen LogP contribution in [-0.2, 0) is 6.54 Å². The number of nitriles is 1. The van der Waals surface area contributed by atoms with Gasteiger partial charge in [0.05, 0.1) is 11.3 Å². The van der Waals surface area contributed by atoms with Gasteiger partial charge >= 0.3 is 0 Å². The molecule has 0 aliphatic carbocycles. The second-order valence-electron chi connectivity index (χ2n) is 4.52. The molecule has 0 aliphatic rings. The van der Waals surface area contributed by atoms with E-state index < -0.39 is 5.91 Å². The van der Waals surface area contributed by atoms with Gasteiger partial charge in [-0.1, -0.05) is 18.2 Å². The van der Waals surface area contributed by atoms with Gasteiger partial charge < -0.3 is 11.1 Å². The quantitative estimate of drug-likeness (QED) is 0.891. The Balaban J connectivity index is 2.16. The van der Waals surface area contributed by atoms with Gasteiger partial charge in [0, 0.05) is 12.1 Å². The Hall–Kier alpha value is -2.80. The second kappa shape index (κ2) is 5.89. The molecule has 0 radical (unpaired) electrons. The van der Waals surface area contributed by atoms with E-state index in [1.165, 1.54) is 0 Å². The normalized spacial score (nSPS) is 9.80. The summed E-state index contributed by atoms with van der Waals surface area (Å²) in [6, 6.07) is 14.9. The van der Waals surface area contributed by atoms with Crippen LogP contribution in [0.2, 0.25) is 0 Å². The van der Waals surface area contributed by atoms with Crippen molar-refractivity contribution >= 4 is 11.6 Å². The van der Waals surface area contributed by atoms with Crippen LogP contribution in [-0.4, -0.2) is 5.91 Å². The van der Waals surface area contributed by atoms with E-state index in [-0.39, 0.29) is 0 Å². The van der Waals surface area contributed by atoms with Gasteiger partial charge in [0.2, 0.25) is 5.91 Å². The maximum Gasteiger partial charge on any atom is 0.248 e. The van der Waals surface area contributed by atoms with E-state index in [0.29, 0.717) is 17.7 Å². The molecule has 0 saturated heterocycles. The van der Waals surface area contributed by atoms with Crippen molar-refractivity contribution in [2.45, 2.75) is 13.5 Å². The molecule has 2 aromatic carbocycles. The first kappa shape index (κ1) is 13.6. The third-order valence-electron chi connectivity index (χ3n) is 3.14. The number of rotatable bonds is 4. The third kappa shape index (κ3) is 2.96. The number of para-hydroxylation sites is 1. The van der Waals surface area contributed by atoms with E-state index in [1.54, 1.807) is 18.2 Å². The molecule has 20 heavy (non-hydrogen) atoms. The average molecular weight is 265 g/mol. The largest absolute Gasteiger partial charge is 0.380 e. The highest BCUT2D eigenvalue weighted by molar-refractivity contribution is 5.93. The number of nitrogens with two attached hydrogens (primary N) is 1. The molecule has 0 unspecified atom stereocenters. The van der Waals surface area contributed by atoms with Gasteiger partial charge in [-0.3, -0.25) is 4.79 Å². The lowest BCUT2D eigenvalue weighted by atomic mass is 10.0. The minimum Gasteiger partial charge on any atom is -0.380 e. The molecule has 4 nitrogen and oxygen atoms in total. The fourth-order valence-electron chi connectivity index (χ4n) is 1.97. The number of nitrogens with one attached hydrogen (secondary N) is 1. The SMILES string of the molecule is Cc1cc(C(N)=O)ccc1CNc1ccccc1C#N. The molecule has 0 heterocycles. The molecule has 1 amide bonds. The van der Waals surface area contributed by atoms with Gasteiger partial charge in [0.1, 0.15) is 6.07 Å². The first-order valence-corrected chi connectivity index (χ1v) is 6.24. The van der Waals surface area contributed by atoms with Crippen molar-refractivity contribution in [1.29, 1.82) is 5.26 Å². The summed E-state index contributed by atoms with van der Waals surface area (Å²) in [4.78, 5) is 11.1. The number of nitrogens with zero attached hydrogens (tertiary/aromatic N) is 1. The summed E-state index contributed by atoms with van der Waals surface area (Å²) < 4.78 is 0. The molecular weight excluding hydrogens is 250 g/mol. The number of carbonyl (C=O) groups is 1. The van der Waals surface area contributed by atoms with Crippen LogP contribution in [0.15, 0.2) is 42.5 Å². The Labute approximate surface area is 117 Å². The van der Waals surface area contributed by atoms with Gasteiger partial charge in [-0.2, -0.15) is 5.26 Å². The van der Waals surface area contributed by atoms with E-state index in [0.717, 1.165) is 16.8 Å². The molecule has 3 N–H and O–H groups in total. The number of amides is 1. The molecule has 0 aliphatic heterocycles. The van der Waals surface area contributed by atoms with Crippen molar-refractivity contribution in [2.24, 2.45) is 5.73 Å². The lowest BCUT2D eigenvalue weighted by Gasteiger charge is -2.11. The van der Waals surface area contributed by atoms with Crippen LogP contribution in [0.4, 0.5) is 5.69 Å². The van der Waals surface area contributed by atoms with Crippen LogP contribution in [0.5, 0.6) is 0 Å². The van der Waals surface area contributed by atoms with Crippen molar-refractivity contribution < 1.29 is 4.79 Å². The Morgan fingerprint density at radius 3 is 2.70 bits per heavy atom. The van der Waals surface area contributed by atoms with Gasteiger partial charge in [-0.15, -0.1) is 0 Å². The Morgan fingerprint density at radius 1 is 1.30 bits per heavy atom. The zero-order valence-electron chi connectivity index (χ0n) is 11.2. The molecule has 0 atom stereocenters. The van der Waals surface area contributed by atoms with Crippen molar-refractivity contribution in [3.05, 3.63) is 64.7 Å². The first-order chi connectivity index (χ1) is 9.61. The van der Waals surface area contributed by atoms with Crippen LogP contribution in [0.25, 0.3) is 0 Å². The van der Waals surface area contributed by atoms with Gasteiger partial charge in [0.15, 0.2) is 0 Å². The van der Waals surface area contributed by atoms with E-state index in [2.05, 4.69) is 11.4 Å². The highest BCUT2D eigenvalue weighted by Gasteiger charge is 2.05. The van der Waals surface area contributed by atoms with E-state index in [4.69, 9.17) is 11.0 Å². The van der Waals surface area contributed by atoms with Crippen molar-refractivity contribution in [2.75, 3.05) is 5.32 Å². The number of primary amides is 1. The summed E-state index contributed by atoms with van der Waals surface area (Å²) in [5, 5.41) is 12.3. The van der Waals surface area contributed by atoms with Crippen LogP contribution in [0.1, 0.15) is 27.0 Å². The van der Waals surface area contributed by atoms with Gasteiger partial charge in [-0.25, -0.2) is 0 Å². The van der Waals surface area contributed by atoms with Crippen LogP contribution >= 0.6 is 0 Å². The number of aryl methyl sites for hydroxylation is 1. The lowest BCUT2D eigenvalue weighted by molar-refractivity contribution is 0.1000. The van der Waals surface area contributed by atoms with Crippen molar-refractivity contribution in [3.63, 3.8) is 0 Å². The predicted molar refractivity (Wildman–Crippen MR) is 78.2 cm³/mol. The maximum atomic E-state index is 11.1. The molecule has 0 aromatic heterocycles. The highest BCUT2D eigenvalue weighted by atomic mass is 16.1. The second-order valence-corrected chi connectivity index (χ2v) is 4.52. The van der Waals surface area contributed by atoms with E-state index in [1.807, 2.05) is 31.2 Å². The topological polar surface area (TPSA) is 78.9 Å². The van der Waals surface area contributed by atoms with E-state index in [9.17, 15) is 4.79 Å². The fraction of sp³-hybridized carbons (Fsp3) is 0.125. The minimum absolute atomic E-state index is 0.428. The zero-order valence-corrected chi connectivity index (χ0v) is 11.2. The van der Waals surface area contributed by atoms with Crippen LogP contribution in [0.3, 0.4) is 0 Å². The molecule has 4 heteroatoms. The third-order valence-corrected chi connectivity index (χ3v) is 3.14. The molecular formula is C16H15N3O. The number of benzene rings is 2. The molecule has 2 aromatic rings. The molecule has 0 bridgehead atoms. The maximum absolute atomic E-state index is 11.1. The Kier molecular flexibility index (Phi) is 4.02. The predicted octanol–water partition coefficient (Wildman–Crippen LogP) is 2.58. The molecule has 0 saturated carbocycles. The molecule has 100 valence electrons. The number of hydrogen-bond acceptors (Lipinski definition) is 3. The Bertz CT molecular complexity index is 686. The number of carbonyl (C=O) groups excluding carboxylic acids is 1. The average Bonchev–Trinajstić information content (AvgIpc) is 2.46. The summed E-state index contributed by atoms with van der Waals surface area (Å²) in [6.45, 7) is 2.52. The number of anilines is 1. The monoisotopic (exact) mass is 265 g/mol. The summed E-state index contributed by atoms with van der Waals surface area (Å²) in [6.07, 6.45) is 0. The number of hydrogen-bond donors (Lipinski definition) is 2. The zero-order chi connectivity index (χ0) is 14.5. The summed E-state index contributed by atoms with van der Waals surface area (Å²) in [5.74, 6) is -0.428. The summed E-state index contributed by atoms with van der Waals surface area (Å²) >= 11 is 0. The summed E-state index contributed by atoms with van der Waals surface area (Å²) in [7, 11) is 0. The van der Waals surface area contributed by atoms with Crippen molar-refractivity contribution in [1.82, 2.24) is 0 Å². The molecule has 0 fully saturated rings. The minimum atomic E-state index is -0.428. The Morgan fingerprint density at radius 2 is 2.05 bits per heavy atom. The molecule has 2 rings (SSSR count). The van der Waals surface area contributed by atoms with Gasteiger partial charge in [-0.05, 0) is 42.3 Å². The highest BCUT2D eigenvalue weighted by Crippen LogP contribution is 2.17. The van der Waals surface area contributed by atoms with Crippen molar-refractivity contribution in [3.8, 4) is 6.07 Å². The van der Waals surface area contributed by atoms with E-state index >= 15 is 0 Å². The standard InChI is InChI=1S/C16H15N3O/c1-11-8-12(16(18)20)6-7-14(11)10-19-15-5-3-2-4-13(15)9-17/h2-8,19H,10H2,1H3,(H2,18,20).